The van der Waals surface area contributed by atoms with Gasteiger partial charge in [-0.05, 0) is 24.3 Å². The summed E-state index contributed by atoms with van der Waals surface area (Å²) in [5, 5.41) is 7.78. The van der Waals surface area contributed by atoms with E-state index in [1.165, 1.54) is 6.07 Å². The first-order valence-electron chi connectivity index (χ1n) is 5.51. The van der Waals surface area contributed by atoms with Gasteiger partial charge >= 0.3 is 0 Å². The van der Waals surface area contributed by atoms with Gasteiger partial charge in [0.2, 0.25) is 0 Å². The summed E-state index contributed by atoms with van der Waals surface area (Å²) in [6.45, 7) is 0. The molecule has 8 heteroatoms. The van der Waals surface area contributed by atoms with Crippen molar-refractivity contribution in [2.45, 2.75) is 4.90 Å². The van der Waals surface area contributed by atoms with E-state index in [-0.39, 0.29) is 17.1 Å². The topological polar surface area (TPSA) is 131 Å². The van der Waals surface area contributed by atoms with Crippen LogP contribution in [0.15, 0.2) is 57.6 Å². The molecule has 104 valence electrons. The highest BCUT2D eigenvalue weighted by Crippen LogP contribution is 2.31. The molecule has 0 saturated heterocycles. The lowest BCUT2D eigenvalue weighted by Gasteiger charge is -2.06. The van der Waals surface area contributed by atoms with E-state index in [1.54, 1.807) is 24.3 Å². The summed E-state index contributed by atoms with van der Waals surface area (Å²) in [4.78, 5) is -0.450. The number of nitrogens with zero attached hydrogens (tertiary/aromatic N) is 2. The van der Waals surface area contributed by atoms with Gasteiger partial charge in [0.05, 0.1) is 17.1 Å². The van der Waals surface area contributed by atoms with Gasteiger partial charge in [0.15, 0.2) is 0 Å². The van der Waals surface area contributed by atoms with Crippen molar-refractivity contribution in [2.75, 3.05) is 11.5 Å². The zero-order chi connectivity index (χ0) is 14.8. The van der Waals surface area contributed by atoms with Crippen LogP contribution in [-0.4, -0.2) is 13.0 Å². The summed E-state index contributed by atoms with van der Waals surface area (Å²) < 4.78 is 31.4. The Morgan fingerprint density at radius 3 is 2.20 bits per heavy atom. The number of azo groups is 1. The zero-order valence-electron chi connectivity index (χ0n) is 10.3. The van der Waals surface area contributed by atoms with Gasteiger partial charge in [-0.1, -0.05) is 18.2 Å². The maximum absolute atomic E-state index is 11.2. The van der Waals surface area contributed by atoms with E-state index in [4.69, 9.17) is 16.0 Å². The molecule has 0 amide bonds. The Labute approximate surface area is 115 Å². The average molecular weight is 292 g/mol. The molecule has 0 radical (unpaired) electrons. The van der Waals surface area contributed by atoms with Crippen LogP contribution in [0.2, 0.25) is 0 Å². The molecule has 20 heavy (non-hydrogen) atoms. The molecule has 0 unspecified atom stereocenters. The number of nitrogens with two attached hydrogens (primary N) is 2. The lowest BCUT2D eigenvalue weighted by Crippen LogP contribution is -2.04. The molecule has 2 rings (SSSR count). The molecule has 0 fully saturated rings. The third-order valence-electron chi connectivity index (χ3n) is 2.47. The van der Waals surface area contributed by atoms with Crippen LogP contribution in [-0.2, 0) is 10.1 Å². The Morgan fingerprint density at radius 1 is 0.950 bits per heavy atom. The van der Waals surface area contributed by atoms with Crippen molar-refractivity contribution in [3.8, 4) is 0 Å². The van der Waals surface area contributed by atoms with E-state index in [2.05, 4.69) is 10.2 Å². The fraction of sp³-hybridized carbons (Fsp3) is 0. The van der Waals surface area contributed by atoms with Crippen LogP contribution < -0.4 is 11.5 Å². The number of anilines is 2. The maximum atomic E-state index is 11.2. The molecule has 0 saturated carbocycles. The Hall–Kier alpha value is -2.45. The van der Waals surface area contributed by atoms with Crippen LogP contribution in [0.5, 0.6) is 0 Å². The normalized spacial score (nSPS) is 11.8. The molecule has 0 aliphatic heterocycles. The lowest BCUT2D eigenvalue weighted by molar-refractivity contribution is 0.483. The molecule has 0 atom stereocenters. The molecule has 0 aromatic heterocycles. The van der Waals surface area contributed by atoms with E-state index in [0.29, 0.717) is 5.69 Å². The number of rotatable bonds is 3. The summed E-state index contributed by atoms with van der Waals surface area (Å²) in [5.74, 6) is 0. The second-order valence-electron chi connectivity index (χ2n) is 3.96. The number of hydrogen-bond donors (Lipinski definition) is 3. The monoisotopic (exact) mass is 292 g/mol. The van der Waals surface area contributed by atoms with Crippen molar-refractivity contribution < 1.29 is 13.0 Å². The minimum Gasteiger partial charge on any atom is -0.398 e. The molecule has 2 aromatic carbocycles. The van der Waals surface area contributed by atoms with Crippen molar-refractivity contribution in [3.05, 3.63) is 42.5 Å². The summed E-state index contributed by atoms with van der Waals surface area (Å²) in [6.07, 6.45) is 0. The smallest absolute Gasteiger partial charge is 0.296 e. The van der Waals surface area contributed by atoms with Gasteiger partial charge in [-0.15, -0.1) is 5.11 Å². The molecule has 0 heterocycles. The first-order valence-corrected chi connectivity index (χ1v) is 6.95. The molecule has 0 aliphatic carbocycles. The molecule has 5 N–H and O–H groups in total. The molecule has 0 spiro atoms. The number of benzene rings is 2. The fourth-order valence-electron chi connectivity index (χ4n) is 1.52. The zero-order valence-corrected chi connectivity index (χ0v) is 11.1. The fourth-order valence-corrected chi connectivity index (χ4v) is 2.14. The van der Waals surface area contributed by atoms with Crippen LogP contribution in [0.4, 0.5) is 22.7 Å². The third kappa shape index (κ3) is 3.11. The average Bonchev–Trinajstić information content (AvgIpc) is 2.37. The van der Waals surface area contributed by atoms with Gasteiger partial charge in [-0.25, -0.2) is 0 Å². The van der Waals surface area contributed by atoms with Crippen LogP contribution in [0.3, 0.4) is 0 Å². The van der Waals surface area contributed by atoms with Gasteiger partial charge in [-0.2, -0.15) is 13.5 Å². The predicted molar refractivity (Wildman–Crippen MR) is 75.7 cm³/mol. The summed E-state index contributed by atoms with van der Waals surface area (Å²) in [6, 6.07) is 11.1. The van der Waals surface area contributed by atoms with Crippen LogP contribution >= 0.6 is 0 Å². The van der Waals surface area contributed by atoms with Gasteiger partial charge < -0.3 is 11.5 Å². The van der Waals surface area contributed by atoms with E-state index < -0.39 is 15.0 Å². The standard InChI is InChI=1S/C12H12N4O3S/c13-9-6-10(14)12(20(17,18)19)7-11(9)16-15-8-4-2-1-3-5-8/h1-7H,13-14H2,(H,17,18,19). The van der Waals surface area contributed by atoms with Crippen molar-refractivity contribution in [1.29, 1.82) is 0 Å². The minimum absolute atomic E-state index is 0.107. The molecule has 0 aliphatic rings. The van der Waals surface area contributed by atoms with Crippen LogP contribution in [0.25, 0.3) is 0 Å². The van der Waals surface area contributed by atoms with Crippen molar-refractivity contribution in [3.63, 3.8) is 0 Å². The molecular weight excluding hydrogens is 280 g/mol. The molecule has 2 aromatic rings. The highest BCUT2D eigenvalue weighted by molar-refractivity contribution is 7.86. The van der Waals surface area contributed by atoms with E-state index in [9.17, 15) is 8.42 Å². The number of nitrogen functional groups attached to an aromatic ring is 2. The second kappa shape index (κ2) is 5.27. The Morgan fingerprint density at radius 2 is 1.60 bits per heavy atom. The third-order valence-corrected chi connectivity index (χ3v) is 3.38. The van der Waals surface area contributed by atoms with Gasteiger partial charge in [-0.3, -0.25) is 4.55 Å². The first-order chi connectivity index (χ1) is 9.38. The molecule has 0 bridgehead atoms. The van der Waals surface area contributed by atoms with Crippen molar-refractivity contribution in [2.24, 2.45) is 10.2 Å². The first kappa shape index (κ1) is 14.0. The summed E-state index contributed by atoms with van der Waals surface area (Å²) >= 11 is 0. The van der Waals surface area contributed by atoms with Crippen LogP contribution in [0, 0.1) is 0 Å². The predicted octanol–water partition coefficient (Wildman–Crippen LogP) is 2.51. The Balaban J connectivity index is 2.45. The van der Waals surface area contributed by atoms with Crippen LogP contribution in [0.1, 0.15) is 0 Å². The van der Waals surface area contributed by atoms with E-state index in [0.717, 1.165) is 6.07 Å². The summed E-state index contributed by atoms with van der Waals surface area (Å²) in [7, 11) is -4.44. The SMILES string of the molecule is Nc1cc(N)c(S(=O)(=O)O)cc1N=Nc1ccccc1. The molecule has 7 nitrogen and oxygen atoms in total. The molecular formula is C12H12N4O3S. The largest absolute Gasteiger partial charge is 0.398 e. The Kier molecular flexibility index (Phi) is 3.68. The van der Waals surface area contributed by atoms with E-state index in [1.807, 2.05) is 6.07 Å². The van der Waals surface area contributed by atoms with E-state index >= 15 is 0 Å². The van der Waals surface area contributed by atoms with Gasteiger partial charge in [0, 0.05) is 0 Å². The van der Waals surface area contributed by atoms with Gasteiger partial charge in [0.25, 0.3) is 10.1 Å². The van der Waals surface area contributed by atoms with Crippen molar-refractivity contribution in [1.82, 2.24) is 0 Å². The highest BCUT2D eigenvalue weighted by Gasteiger charge is 2.16. The van der Waals surface area contributed by atoms with Crippen molar-refractivity contribution >= 4 is 32.9 Å². The quantitative estimate of drug-likeness (QED) is 0.454. The summed E-state index contributed by atoms with van der Waals surface area (Å²) in [5.41, 5.74) is 11.9. The Bertz CT molecular complexity index is 758. The van der Waals surface area contributed by atoms with Gasteiger partial charge in [0.1, 0.15) is 10.6 Å². The minimum atomic E-state index is -4.44. The highest BCUT2D eigenvalue weighted by atomic mass is 32.2. The maximum Gasteiger partial charge on any atom is 0.296 e. The lowest BCUT2D eigenvalue weighted by atomic mass is 10.2. The number of hydrogen-bond acceptors (Lipinski definition) is 6. The second-order valence-corrected chi connectivity index (χ2v) is 5.35.